The monoisotopic (exact) mass is 150 g/mol. The van der Waals surface area contributed by atoms with Gasteiger partial charge in [-0.15, -0.1) is 0 Å². The van der Waals surface area contributed by atoms with Crippen LogP contribution in [-0.2, 0) is 0 Å². The third-order valence-electron chi connectivity index (χ3n) is 1.46. The molecule has 0 bridgehead atoms. The minimum atomic E-state index is 0.222. The normalized spacial score (nSPS) is 11.6. The van der Waals surface area contributed by atoms with E-state index < -0.39 is 0 Å². The van der Waals surface area contributed by atoms with Crippen molar-refractivity contribution >= 4 is 11.6 Å². The summed E-state index contributed by atoms with van der Waals surface area (Å²) in [6.45, 7) is 3.61. The summed E-state index contributed by atoms with van der Waals surface area (Å²) in [5.74, 6) is 0.222. The third-order valence-corrected chi connectivity index (χ3v) is 1.46. The predicted molar refractivity (Wildman–Crippen MR) is 45.1 cm³/mol. The number of rotatable bonds is 1. The van der Waals surface area contributed by atoms with Gasteiger partial charge in [-0.05, 0) is 6.92 Å². The molecule has 0 heterocycles. The second-order valence-electron chi connectivity index (χ2n) is 2.53. The van der Waals surface area contributed by atoms with Crippen molar-refractivity contribution in [1.82, 2.24) is 0 Å². The lowest BCUT2D eigenvalue weighted by Crippen LogP contribution is -2.66. The molecule has 0 amide bonds. The van der Waals surface area contributed by atoms with Crippen molar-refractivity contribution in [2.24, 2.45) is 0 Å². The first-order valence-electron chi connectivity index (χ1n) is 3.55. The van der Waals surface area contributed by atoms with Gasteiger partial charge in [-0.1, -0.05) is 18.2 Å². The first kappa shape index (κ1) is 7.79. The Morgan fingerprint density at radius 2 is 2.00 bits per heavy atom. The Bertz CT molecular complexity index is 275. The van der Waals surface area contributed by atoms with Gasteiger partial charge in [0, 0.05) is 11.6 Å². The highest BCUT2D eigenvalue weighted by molar-refractivity contribution is 5.65. The van der Waals surface area contributed by atoms with Crippen molar-refractivity contribution in [3.8, 4) is 0 Å². The number of para-hydroxylation sites is 1. The SMILES string of the molecule is CC(O)=[NH+]c1ccccc1C. The first-order valence-corrected chi connectivity index (χ1v) is 3.55. The number of nitrogens with one attached hydrogen (secondary N) is 1. The summed E-state index contributed by atoms with van der Waals surface area (Å²) >= 11 is 0. The van der Waals surface area contributed by atoms with Crippen LogP contribution in [0, 0.1) is 6.92 Å². The molecular weight excluding hydrogens is 138 g/mol. The number of hydrogen-bond donors (Lipinski definition) is 2. The Morgan fingerprint density at radius 1 is 1.36 bits per heavy atom. The molecular formula is C9H12NO+. The lowest BCUT2D eigenvalue weighted by atomic mass is 10.2. The van der Waals surface area contributed by atoms with Crippen molar-refractivity contribution in [3.05, 3.63) is 29.8 Å². The fraction of sp³-hybridized carbons (Fsp3) is 0.222. The molecule has 0 spiro atoms. The van der Waals surface area contributed by atoms with Gasteiger partial charge in [0.1, 0.15) is 0 Å². The predicted octanol–water partition coefficient (Wildman–Crippen LogP) is 0.684. The molecule has 0 saturated carbocycles. The van der Waals surface area contributed by atoms with Crippen LogP contribution < -0.4 is 4.99 Å². The van der Waals surface area contributed by atoms with Gasteiger partial charge in [0.25, 0.3) is 0 Å². The van der Waals surface area contributed by atoms with Crippen LogP contribution in [0.2, 0.25) is 0 Å². The van der Waals surface area contributed by atoms with E-state index in [1.54, 1.807) is 6.92 Å². The quantitative estimate of drug-likeness (QED) is 0.448. The largest absolute Gasteiger partial charge is 0.463 e. The Balaban J connectivity index is 3.04. The molecule has 2 N–H and O–H groups in total. The van der Waals surface area contributed by atoms with Crippen molar-refractivity contribution in [3.63, 3.8) is 0 Å². The minimum absolute atomic E-state index is 0.222. The summed E-state index contributed by atoms with van der Waals surface area (Å²) in [4.78, 5) is 2.85. The van der Waals surface area contributed by atoms with Gasteiger partial charge in [0.05, 0.1) is 6.92 Å². The average molecular weight is 150 g/mol. The lowest BCUT2D eigenvalue weighted by molar-refractivity contribution is -0.366. The van der Waals surface area contributed by atoms with Crippen molar-refractivity contribution in [2.45, 2.75) is 13.8 Å². The van der Waals surface area contributed by atoms with Crippen molar-refractivity contribution < 1.29 is 10.1 Å². The van der Waals surface area contributed by atoms with Gasteiger partial charge in [-0.3, -0.25) is 0 Å². The molecule has 2 heteroatoms. The second-order valence-corrected chi connectivity index (χ2v) is 2.53. The summed E-state index contributed by atoms with van der Waals surface area (Å²) in [6, 6.07) is 7.81. The Labute approximate surface area is 66.2 Å². The molecule has 0 aliphatic rings. The zero-order valence-electron chi connectivity index (χ0n) is 6.76. The van der Waals surface area contributed by atoms with Crippen LogP contribution in [0.25, 0.3) is 0 Å². The van der Waals surface area contributed by atoms with Crippen LogP contribution >= 0.6 is 0 Å². The zero-order valence-corrected chi connectivity index (χ0v) is 6.76. The molecule has 0 unspecified atom stereocenters. The Morgan fingerprint density at radius 3 is 2.55 bits per heavy atom. The third kappa shape index (κ3) is 2.08. The maximum absolute atomic E-state index is 8.94. The number of benzene rings is 1. The fourth-order valence-corrected chi connectivity index (χ4v) is 0.908. The average Bonchev–Trinajstić information content (AvgIpc) is 1.93. The van der Waals surface area contributed by atoms with Crippen LogP contribution in [-0.4, -0.2) is 11.0 Å². The van der Waals surface area contributed by atoms with Crippen LogP contribution in [0.15, 0.2) is 24.3 Å². The number of hydrogen-bond acceptors (Lipinski definition) is 0. The van der Waals surface area contributed by atoms with Gasteiger partial charge in [-0.2, -0.15) is 4.99 Å². The molecule has 0 fully saturated rings. The topological polar surface area (TPSA) is 34.2 Å². The first-order chi connectivity index (χ1) is 5.20. The smallest absolute Gasteiger partial charge is 0.334 e. The number of aryl methyl sites for hydroxylation is 1. The molecule has 58 valence electrons. The van der Waals surface area contributed by atoms with E-state index in [4.69, 9.17) is 5.11 Å². The molecule has 1 aromatic carbocycles. The molecule has 0 aliphatic heterocycles. The second kappa shape index (κ2) is 3.19. The highest BCUT2D eigenvalue weighted by atomic mass is 16.3. The summed E-state index contributed by atoms with van der Waals surface area (Å²) < 4.78 is 0. The highest BCUT2D eigenvalue weighted by Crippen LogP contribution is 2.05. The van der Waals surface area contributed by atoms with E-state index in [1.165, 1.54) is 0 Å². The Kier molecular flexibility index (Phi) is 2.26. The molecule has 2 nitrogen and oxygen atoms in total. The molecule has 1 aromatic rings. The van der Waals surface area contributed by atoms with E-state index in [-0.39, 0.29) is 5.90 Å². The lowest BCUT2D eigenvalue weighted by Gasteiger charge is -1.91. The molecule has 0 saturated heterocycles. The molecule has 0 aromatic heterocycles. The highest BCUT2D eigenvalue weighted by Gasteiger charge is 2.00. The summed E-state index contributed by atoms with van der Waals surface area (Å²) in [5.41, 5.74) is 2.08. The summed E-state index contributed by atoms with van der Waals surface area (Å²) in [6.07, 6.45) is 0. The van der Waals surface area contributed by atoms with E-state index in [0.29, 0.717) is 0 Å². The fourth-order valence-electron chi connectivity index (χ4n) is 0.908. The van der Waals surface area contributed by atoms with Gasteiger partial charge in [-0.25, -0.2) is 0 Å². The van der Waals surface area contributed by atoms with Crippen LogP contribution in [0.4, 0.5) is 5.69 Å². The number of aliphatic hydroxyl groups excluding tert-OH is 1. The van der Waals surface area contributed by atoms with Gasteiger partial charge in [0.2, 0.25) is 5.69 Å². The van der Waals surface area contributed by atoms with Crippen LogP contribution in [0.1, 0.15) is 12.5 Å². The van der Waals surface area contributed by atoms with E-state index in [2.05, 4.69) is 4.99 Å². The standard InChI is InChI=1S/C9H11NO/c1-7-5-3-4-6-9(7)10-8(2)11/h3-6H,1-2H3,(H,10,11)/p+1. The molecule has 1 rings (SSSR count). The molecule has 0 atom stereocenters. The minimum Gasteiger partial charge on any atom is -0.463 e. The summed E-state index contributed by atoms with van der Waals surface area (Å²) in [5, 5.41) is 8.94. The summed E-state index contributed by atoms with van der Waals surface area (Å²) in [7, 11) is 0. The van der Waals surface area contributed by atoms with E-state index in [0.717, 1.165) is 11.3 Å². The molecule has 0 aliphatic carbocycles. The number of aliphatic hydroxyl groups is 1. The maximum Gasteiger partial charge on any atom is 0.334 e. The van der Waals surface area contributed by atoms with E-state index >= 15 is 0 Å². The van der Waals surface area contributed by atoms with Gasteiger partial charge in [0.15, 0.2) is 0 Å². The zero-order chi connectivity index (χ0) is 8.27. The maximum atomic E-state index is 8.94. The van der Waals surface area contributed by atoms with Crippen molar-refractivity contribution in [1.29, 1.82) is 0 Å². The van der Waals surface area contributed by atoms with Gasteiger partial charge < -0.3 is 5.11 Å². The Hall–Kier alpha value is -1.31. The van der Waals surface area contributed by atoms with Gasteiger partial charge >= 0.3 is 5.90 Å². The van der Waals surface area contributed by atoms with Crippen LogP contribution in [0.5, 0.6) is 0 Å². The molecule has 11 heavy (non-hydrogen) atoms. The van der Waals surface area contributed by atoms with Crippen molar-refractivity contribution in [2.75, 3.05) is 0 Å². The van der Waals surface area contributed by atoms with E-state index in [1.807, 2.05) is 31.2 Å². The molecule has 0 radical (unpaired) electrons. The van der Waals surface area contributed by atoms with Crippen LogP contribution in [0.3, 0.4) is 0 Å². The van der Waals surface area contributed by atoms with E-state index in [9.17, 15) is 0 Å².